The predicted octanol–water partition coefficient (Wildman–Crippen LogP) is 2.22. The Labute approximate surface area is 109 Å². The first-order chi connectivity index (χ1) is 8.79. The zero-order valence-corrected chi connectivity index (χ0v) is 11.1. The molecule has 0 spiro atoms. The number of aryl methyl sites for hydroxylation is 1. The molecule has 3 nitrogen and oxygen atoms in total. The van der Waals surface area contributed by atoms with Gasteiger partial charge in [0.2, 0.25) is 0 Å². The van der Waals surface area contributed by atoms with Gasteiger partial charge in [-0.05, 0) is 37.5 Å². The van der Waals surface area contributed by atoms with Crippen LogP contribution in [0, 0.1) is 6.92 Å². The van der Waals surface area contributed by atoms with E-state index < -0.39 is 0 Å². The molecule has 1 aliphatic carbocycles. The molecule has 0 atom stereocenters. The van der Waals surface area contributed by atoms with Gasteiger partial charge in [-0.3, -0.25) is 4.90 Å². The molecule has 0 bridgehead atoms. The van der Waals surface area contributed by atoms with Crippen LogP contribution in [0.25, 0.3) is 0 Å². The van der Waals surface area contributed by atoms with E-state index in [4.69, 9.17) is 9.84 Å². The van der Waals surface area contributed by atoms with Crippen molar-refractivity contribution in [1.29, 1.82) is 0 Å². The zero-order chi connectivity index (χ0) is 12.8. The molecule has 0 amide bonds. The lowest BCUT2D eigenvalue weighted by Gasteiger charge is -2.37. The molecule has 1 aromatic rings. The first-order valence-corrected chi connectivity index (χ1v) is 6.84. The summed E-state index contributed by atoms with van der Waals surface area (Å²) in [7, 11) is 0. The van der Waals surface area contributed by atoms with Crippen molar-refractivity contribution in [3.8, 4) is 5.75 Å². The molecule has 1 fully saturated rings. The molecule has 3 heteroatoms. The third kappa shape index (κ3) is 3.72. The summed E-state index contributed by atoms with van der Waals surface area (Å²) in [6.07, 6.45) is 3.86. The number of benzene rings is 1. The maximum absolute atomic E-state index is 9.08. The van der Waals surface area contributed by atoms with Crippen molar-refractivity contribution >= 4 is 0 Å². The molecule has 1 N–H and O–H groups in total. The van der Waals surface area contributed by atoms with Crippen LogP contribution in [0.2, 0.25) is 0 Å². The first-order valence-electron chi connectivity index (χ1n) is 6.84. The van der Waals surface area contributed by atoms with E-state index in [0.717, 1.165) is 18.8 Å². The Morgan fingerprint density at radius 2 is 2.17 bits per heavy atom. The van der Waals surface area contributed by atoms with Crippen molar-refractivity contribution in [2.75, 3.05) is 26.3 Å². The normalized spacial score (nSPS) is 15.7. The molecule has 18 heavy (non-hydrogen) atoms. The molecular weight excluding hydrogens is 226 g/mol. The molecule has 0 aromatic heterocycles. The van der Waals surface area contributed by atoms with Gasteiger partial charge in [0.05, 0.1) is 6.61 Å². The third-order valence-corrected chi connectivity index (χ3v) is 3.62. The summed E-state index contributed by atoms with van der Waals surface area (Å²) in [4.78, 5) is 2.35. The van der Waals surface area contributed by atoms with Crippen LogP contribution in [0.5, 0.6) is 5.75 Å². The maximum Gasteiger partial charge on any atom is 0.119 e. The summed E-state index contributed by atoms with van der Waals surface area (Å²) in [5.41, 5.74) is 1.22. The average molecular weight is 249 g/mol. The van der Waals surface area contributed by atoms with E-state index in [1.54, 1.807) is 0 Å². The summed E-state index contributed by atoms with van der Waals surface area (Å²) >= 11 is 0. The number of aliphatic hydroxyl groups is 1. The van der Waals surface area contributed by atoms with Gasteiger partial charge in [0, 0.05) is 19.1 Å². The van der Waals surface area contributed by atoms with Gasteiger partial charge in [0.25, 0.3) is 0 Å². The van der Waals surface area contributed by atoms with E-state index in [0.29, 0.717) is 12.6 Å². The van der Waals surface area contributed by atoms with Crippen molar-refractivity contribution < 1.29 is 9.84 Å². The van der Waals surface area contributed by atoms with Crippen molar-refractivity contribution in [3.05, 3.63) is 29.8 Å². The van der Waals surface area contributed by atoms with Crippen molar-refractivity contribution in [2.45, 2.75) is 32.2 Å². The van der Waals surface area contributed by atoms with Crippen LogP contribution >= 0.6 is 0 Å². The molecule has 0 radical (unpaired) electrons. The quantitative estimate of drug-likeness (QED) is 0.804. The second-order valence-corrected chi connectivity index (χ2v) is 5.01. The number of rotatable bonds is 7. The Hall–Kier alpha value is -1.06. The van der Waals surface area contributed by atoms with E-state index in [-0.39, 0.29) is 6.61 Å². The number of aliphatic hydroxyl groups excluding tert-OH is 1. The Morgan fingerprint density at radius 1 is 1.33 bits per heavy atom. The van der Waals surface area contributed by atoms with E-state index in [1.807, 2.05) is 12.1 Å². The summed E-state index contributed by atoms with van der Waals surface area (Å²) in [5, 5.41) is 9.08. The lowest BCUT2D eigenvalue weighted by atomic mass is 9.91. The van der Waals surface area contributed by atoms with Crippen molar-refractivity contribution in [1.82, 2.24) is 4.90 Å². The van der Waals surface area contributed by atoms with Gasteiger partial charge in [-0.15, -0.1) is 0 Å². The van der Waals surface area contributed by atoms with Crippen LogP contribution in [0.4, 0.5) is 0 Å². The fourth-order valence-corrected chi connectivity index (χ4v) is 2.34. The summed E-state index contributed by atoms with van der Waals surface area (Å²) in [6, 6.07) is 8.80. The van der Waals surface area contributed by atoms with Crippen LogP contribution in [-0.4, -0.2) is 42.4 Å². The van der Waals surface area contributed by atoms with E-state index in [9.17, 15) is 0 Å². The molecular formula is C15H23NO2. The smallest absolute Gasteiger partial charge is 0.119 e. The lowest BCUT2D eigenvalue weighted by Crippen LogP contribution is -2.43. The summed E-state index contributed by atoms with van der Waals surface area (Å²) < 4.78 is 5.76. The van der Waals surface area contributed by atoms with Crippen LogP contribution in [0.3, 0.4) is 0 Å². The fourth-order valence-electron chi connectivity index (χ4n) is 2.34. The predicted molar refractivity (Wildman–Crippen MR) is 73.0 cm³/mol. The monoisotopic (exact) mass is 249 g/mol. The van der Waals surface area contributed by atoms with Crippen LogP contribution in [0.1, 0.15) is 24.8 Å². The standard InChI is InChI=1S/C15H23NO2/c1-13-4-2-7-15(12-13)18-11-9-16(8-10-17)14-5-3-6-14/h2,4,7,12,14,17H,3,5-6,8-11H2,1H3. The molecule has 0 unspecified atom stereocenters. The Balaban J connectivity index is 1.75. The zero-order valence-electron chi connectivity index (χ0n) is 11.1. The number of nitrogens with zero attached hydrogens (tertiary/aromatic N) is 1. The highest BCUT2D eigenvalue weighted by molar-refractivity contribution is 5.27. The largest absolute Gasteiger partial charge is 0.492 e. The number of ether oxygens (including phenoxy) is 1. The molecule has 0 heterocycles. The van der Waals surface area contributed by atoms with Gasteiger partial charge in [0.15, 0.2) is 0 Å². The van der Waals surface area contributed by atoms with E-state index >= 15 is 0 Å². The van der Waals surface area contributed by atoms with Crippen molar-refractivity contribution in [3.63, 3.8) is 0 Å². The summed E-state index contributed by atoms with van der Waals surface area (Å²) in [5.74, 6) is 0.938. The van der Waals surface area contributed by atoms with E-state index in [2.05, 4.69) is 24.0 Å². The summed E-state index contributed by atoms with van der Waals surface area (Å²) in [6.45, 7) is 4.67. The van der Waals surface area contributed by atoms with Crippen LogP contribution < -0.4 is 4.74 Å². The van der Waals surface area contributed by atoms with Crippen LogP contribution in [-0.2, 0) is 0 Å². The molecule has 100 valence electrons. The van der Waals surface area contributed by atoms with Gasteiger partial charge in [-0.2, -0.15) is 0 Å². The fraction of sp³-hybridized carbons (Fsp3) is 0.600. The van der Waals surface area contributed by atoms with Gasteiger partial charge in [-0.25, -0.2) is 0 Å². The molecule has 1 aromatic carbocycles. The highest BCUT2D eigenvalue weighted by Crippen LogP contribution is 2.24. The minimum Gasteiger partial charge on any atom is -0.492 e. The van der Waals surface area contributed by atoms with Gasteiger partial charge in [0.1, 0.15) is 12.4 Å². The number of hydrogen-bond acceptors (Lipinski definition) is 3. The lowest BCUT2D eigenvalue weighted by molar-refractivity contribution is 0.0860. The highest BCUT2D eigenvalue weighted by Gasteiger charge is 2.24. The Bertz CT molecular complexity index is 363. The second-order valence-electron chi connectivity index (χ2n) is 5.01. The second kappa shape index (κ2) is 6.76. The first kappa shape index (κ1) is 13.4. The SMILES string of the molecule is Cc1cccc(OCCN(CCO)C2CCC2)c1. The average Bonchev–Trinajstić information content (AvgIpc) is 2.27. The minimum absolute atomic E-state index is 0.237. The number of hydrogen-bond donors (Lipinski definition) is 1. The molecule has 0 aliphatic heterocycles. The third-order valence-electron chi connectivity index (χ3n) is 3.62. The highest BCUT2D eigenvalue weighted by atomic mass is 16.5. The van der Waals surface area contributed by atoms with Crippen LogP contribution in [0.15, 0.2) is 24.3 Å². The topological polar surface area (TPSA) is 32.7 Å². The van der Waals surface area contributed by atoms with E-state index in [1.165, 1.54) is 24.8 Å². The van der Waals surface area contributed by atoms with Gasteiger partial charge >= 0.3 is 0 Å². The van der Waals surface area contributed by atoms with Crippen molar-refractivity contribution in [2.24, 2.45) is 0 Å². The van der Waals surface area contributed by atoms with Gasteiger partial charge in [-0.1, -0.05) is 18.6 Å². The molecule has 0 saturated heterocycles. The molecule has 1 aliphatic rings. The molecule has 1 saturated carbocycles. The van der Waals surface area contributed by atoms with Gasteiger partial charge < -0.3 is 9.84 Å². The molecule has 2 rings (SSSR count). The minimum atomic E-state index is 0.237. The Kier molecular flexibility index (Phi) is 5.02. The maximum atomic E-state index is 9.08. The Morgan fingerprint density at radius 3 is 2.78 bits per heavy atom.